The van der Waals surface area contributed by atoms with Gasteiger partial charge >= 0.3 is 5.76 Å². The van der Waals surface area contributed by atoms with Crippen molar-refractivity contribution in [3.63, 3.8) is 0 Å². The maximum atomic E-state index is 12.3. The number of anilines is 1. The molecule has 9 heteroatoms. The number of fused-ring (bicyclic) bond motifs is 1. The van der Waals surface area contributed by atoms with E-state index in [1.54, 1.807) is 54.7 Å². The molecule has 3 N–H and O–H groups in total. The summed E-state index contributed by atoms with van der Waals surface area (Å²) < 4.78 is 8.11. The van der Waals surface area contributed by atoms with Gasteiger partial charge in [-0.1, -0.05) is 12.1 Å². The molecule has 0 aliphatic carbocycles. The third-order valence-corrected chi connectivity index (χ3v) is 4.39. The lowest BCUT2D eigenvalue weighted by atomic mass is 10.2. The highest BCUT2D eigenvalue weighted by Gasteiger charge is 2.11. The van der Waals surface area contributed by atoms with E-state index in [1.807, 2.05) is 0 Å². The van der Waals surface area contributed by atoms with Crippen molar-refractivity contribution in [1.29, 1.82) is 0 Å². The Morgan fingerprint density at radius 2 is 1.83 bits per heavy atom. The Hall–Kier alpha value is -4.14. The fourth-order valence-corrected chi connectivity index (χ4v) is 2.96. The van der Waals surface area contributed by atoms with Gasteiger partial charge in [-0.3, -0.25) is 14.2 Å². The molecule has 0 radical (unpaired) electrons. The number of carbonyl (C=O) groups is 2. The van der Waals surface area contributed by atoms with Crippen molar-refractivity contribution in [2.75, 3.05) is 5.32 Å². The van der Waals surface area contributed by atoms with Gasteiger partial charge in [0.25, 0.3) is 5.91 Å². The van der Waals surface area contributed by atoms with Crippen LogP contribution in [0.2, 0.25) is 0 Å². The quantitative estimate of drug-likeness (QED) is 0.519. The Morgan fingerprint density at radius 1 is 1.07 bits per heavy atom. The Morgan fingerprint density at radius 3 is 2.55 bits per heavy atom. The number of aryl methyl sites for hydroxylation is 1. The molecule has 2 amide bonds. The molecule has 0 bridgehead atoms. The monoisotopic (exact) mass is 391 g/mol. The average molecular weight is 391 g/mol. The first kappa shape index (κ1) is 18.2. The number of nitrogens with two attached hydrogens (primary N) is 1. The second-order valence-corrected chi connectivity index (χ2v) is 6.34. The molecule has 9 nitrogen and oxygen atoms in total. The summed E-state index contributed by atoms with van der Waals surface area (Å²) in [5.41, 5.74) is 7.83. The number of nitrogens with zero attached hydrogens (tertiary/aromatic N) is 3. The third kappa shape index (κ3) is 3.79. The number of amides is 2. The van der Waals surface area contributed by atoms with Gasteiger partial charge in [0.1, 0.15) is 5.69 Å². The van der Waals surface area contributed by atoms with Crippen LogP contribution in [0, 0.1) is 0 Å². The molecule has 0 aliphatic heterocycles. The van der Waals surface area contributed by atoms with E-state index in [1.165, 1.54) is 15.3 Å². The van der Waals surface area contributed by atoms with Crippen LogP contribution in [0.15, 0.2) is 70.0 Å². The minimum absolute atomic E-state index is 0.117. The largest absolute Gasteiger partial charge is 0.419 e. The van der Waals surface area contributed by atoms with Gasteiger partial charge in [-0.25, -0.2) is 9.48 Å². The van der Waals surface area contributed by atoms with Gasteiger partial charge in [0.05, 0.1) is 11.2 Å². The second kappa shape index (κ2) is 7.47. The number of rotatable bonds is 6. The highest BCUT2D eigenvalue weighted by molar-refractivity contribution is 5.91. The van der Waals surface area contributed by atoms with E-state index in [0.717, 1.165) is 0 Å². The van der Waals surface area contributed by atoms with Gasteiger partial charge in [-0.2, -0.15) is 5.10 Å². The minimum atomic E-state index is -0.600. The van der Waals surface area contributed by atoms with Crippen LogP contribution < -0.4 is 16.8 Å². The third-order valence-electron chi connectivity index (χ3n) is 4.39. The van der Waals surface area contributed by atoms with Gasteiger partial charge < -0.3 is 15.5 Å². The number of para-hydroxylation sites is 2. The minimum Gasteiger partial charge on any atom is -0.408 e. The molecule has 0 saturated carbocycles. The topological polar surface area (TPSA) is 125 Å². The maximum absolute atomic E-state index is 12.3. The number of hydrogen-bond donors (Lipinski definition) is 2. The van der Waals surface area contributed by atoms with Gasteiger partial charge in [0, 0.05) is 24.8 Å². The second-order valence-electron chi connectivity index (χ2n) is 6.34. The summed E-state index contributed by atoms with van der Waals surface area (Å²) in [6.45, 7) is 0.211. The lowest BCUT2D eigenvalue weighted by molar-refractivity contribution is -0.116. The van der Waals surface area contributed by atoms with Crippen LogP contribution in [0.25, 0.3) is 16.8 Å². The Labute approximate surface area is 164 Å². The summed E-state index contributed by atoms with van der Waals surface area (Å²) in [7, 11) is 0. The van der Waals surface area contributed by atoms with Gasteiger partial charge in [0.15, 0.2) is 5.58 Å². The Kier molecular flexibility index (Phi) is 4.70. The molecule has 0 saturated heterocycles. The zero-order valence-corrected chi connectivity index (χ0v) is 15.2. The van der Waals surface area contributed by atoms with Crippen LogP contribution >= 0.6 is 0 Å². The predicted octanol–water partition coefficient (Wildman–Crippen LogP) is 1.91. The maximum Gasteiger partial charge on any atom is 0.419 e. The smallest absolute Gasteiger partial charge is 0.408 e. The molecular weight excluding hydrogens is 374 g/mol. The molecule has 2 heterocycles. The molecule has 4 rings (SSSR count). The first-order valence-electron chi connectivity index (χ1n) is 8.85. The van der Waals surface area contributed by atoms with E-state index in [4.69, 9.17) is 10.2 Å². The number of oxazole rings is 1. The van der Waals surface area contributed by atoms with Gasteiger partial charge in [0.2, 0.25) is 5.91 Å². The fourth-order valence-electron chi connectivity index (χ4n) is 2.96. The zero-order chi connectivity index (χ0) is 20.4. The zero-order valence-electron chi connectivity index (χ0n) is 15.2. The van der Waals surface area contributed by atoms with Crippen LogP contribution in [-0.2, 0) is 11.3 Å². The van der Waals surface area contributed by atoms with Gasteiger partial charge in [-0.05, 0) is 42.5 Å². The first-order chi connectivity index (χ1) is 14.0. The summed E-state index contributed by atoms with van der Waals surface area (Å²) in [6.07, 6.45) is 1.74. The SMILES string of the molecule is NC(=O)c1ccn(-c2ccc(NC(=O)CCn3c(=O)oc4ccccc43)cc2)n1. The molecular formula is C20H17N5O4. The standard InChI is InChI=1S/C20H17N5O4/c21-19(27)15-9-12-25(23-15)14-7-5-13(6-8-14)22-18(26)10-11-24-16-3-1-2-4-17(16)29-20(24)28/h1-9,12H,10-11H2,(H2,21,27)(H,22,26). The van der Waals surface area contributed by atoms with Crippen LogP contribution in [0.3, 0.4) is 0 Å². The summed E-state index contributed by atoms with van der Waals surface area (Å²) in [4.78, 5) is 35.3. The summed E-state index contributed by atoms with van der Waals surface area (Å²) in [6, 6.07) is 15.5. The van der Waals surface area contributed by atoms with E-state index < -0.39 is 11.7 Å². The molecule has 0 unspecified atom stereocenters. The molecule has 0 aliphatic rings. The van der Waals surface area contributed by atoms with Crippen LogP contribution in [0.1, 0.15) is 16.9 Å². The molecule has 2 aromatic carbocycles. The Balaban J connectivity index is 1.40. The van der Waals surface area contributed by atoms with Crippen molar-refractivity contribution in [2.24, 2.45) is 5.73 Å². The van der Waals surface area contributed by atoms with E-state index >= 15 is 0 Å². The summed E-state index contributed by atoms with van der Waals surface area (Å²) >= 11 is 0. The number of hydrogen-bond acceptors (Lipinski definition) is 5. The molecule has 0 spiro atoms. The van der Waals surface area contributed by atoms with Crippen molar-refractivity contribution < 1.29 is 14.0 Å². The van der Waals surface area contributed by atoms with Crippen molar-refractivity contribution in [3.05, 3.63) is 77.0 Å². The molecule has 146 valence electrons. The van der Waals surface area contributed by atoms with Crippen molar-refractivity contribution >= 4 is 28.6 Å². The molecule has 4 aromatic rings. The Bertz CT molecular complexity index is 1250. The van der Waals surface area contributed by atoms with Crippen LogP contribution in [0.5, 0.6) is 0 Å². The van der Waals surface area contributed by atoms with E-state index in [0.29, 0.717) is 22.5 Å². The van der Waals surface area contributed by atoms with Crippen molar-refractivity contribution in [2.45, 2.75) is 13.0 Å². The number of nitrogens with one attached hydrogen (secondary N) is 1. The summed E-state index contributed by atoms with van der Waals surface area (Å²) in [5.74, 6) is -1.32. The highest BCUT2D eigenvalue weighted by Crippen LogP contribution is 2.15. The van der Waals surface area contributed by atoms with Gasteiger partial charge in [-0.15, -0.1) is 0 Å². The first-order valence-corrected chi connectivity index (χ1v) is 8.85. The average Bonchev–Trinajstić information content (AvgIpc) is 3.31. The molecule has 29 heavy (non-hydrogen) atoms. The van der Waals surface area contributed by atoms with Crippen molar-refractivity contribution in [1.82, 2.24) is 14.3 Å². The number of carbonyl (C=O) groups excluding carboxylic acids is 2. The van der Waals surface area contributed by atoms with E-state index in [9.17, 15) is 14.4 Å². The summed E-state index contributed by atoms with van der Waals surface area (Å²) in [5, 5.41) is 6.86. The van der Waals surface area contributed by atoms with E-state index in [-0.39, 0.29) is 24.6 Å². The molecule has 2 aromatic heterocycles. The van der Waals surface area contributed by atoms with Crippen LogP contribution in [-0.4, -0.2) is 26.2 Å². The number of aromatic nitrogens is 3. The lowest BCUT2D eigenvalue weighted by Crippen LogP contribution is -2.19. The fraction of sp³-hybridized carbons (Fsp3) is 0.100. The predicted molar refractivity (Wildman–Crippen MR) is 106 cm³/mol. The van der Waals surface area contributed by atoms with E-state index in [2.05, 4.69) is 10.4 Å². The van der Waals surface area contributed by atoms with Crippen LogP contribution in [0.4, 0.5) is 5.69 Å². The molecule has 0 fully saturated rings. The highest BCUT2D eigenvalue weighted by atomic mass is 16.4. The normalized spacial score (nSPS) is 10.9. The number of primary amides is 1. The number of benzene rings is 2. The lowest BCUT2D eigenvalue weighted by Gasteiger charge is -2.07. The van der Waals surface area contributed by atoms with Crippen molar-refractivity contribution in [3.8, 4) is 5.69 Å². The molecule has 0 atom stereocenters.